The average Bonchev–Trinajstić information content (AvgIpc) is 2.29. The normalized spacial score (nSPS) is 14.8. The van der Waals surface area contributed by atoms with Crippen molar-refractivity contribution in [3.05, 3.63) is 0 Å². The number of rotatable bonds is 12. The van der Waals surface area contributed by atoms with Crippen molar-refractivity contribution >= 4 is 7.37 Å². The van der Waals surface area contributed by atoms with E-state index in [0.717, 1.165) is 32.4 Å². The molecule has 0 aliphatic heterocycles. The SMILES string of the molecule is CCCCCCNCP(=O)(O)CNCCCC. The lowest BCUT2D eigenvalue weighted by Gasteiger charge is -2.13. The van der Waals surface area contributed by atoms with Crippen LogP contribution in [0.2, 0.25) is 0 Å². The molecule has 5 heteroatoms. The van der Waals surface area contributed by atoms with Crippen LogP contribution < -0.4 is 10.6 Å². The van der Waals surface area contributed by atoms with Crippen LogP contribution in [0.25, 0.3) is 0 Å². The summed E-state index contributed by atoms with van der Waals surface area (Å²) in [5.41, 5.74) is 0. The maximum absolute atomic E-state index is 11.7. The molecule has 104 valence electrons. The fraction of sp³-hybridized carbons (Fsp3) is 1.00. The molecular weight excluding hydrogens is 235 g/mol. The Morgan fingerprint density at radius 1 is 0.882 bits per heavy atom. The summed E-state index contributed by atoms with van der Waals surface area (Å²) in [5.74, 6) is 0. The molecule has 4 nitrogen and oxygen atoms in total. The number of nitrogens with one attached hydrogen (secondary N) is 2. The van der Waals surface area contributed by atoms with Gasteiger partial charge in [-0.05, 0) is 25.9 Å². The van der Waals surface area contributed by atoms with Crippen molar-refractivity contribution in [2.45, 2.75) is 52.4 Å². The minimum Gasteiger partial charge on any atom is -0.343 e. The zero-order chi connectivity index (χ0) is 13.0. The van der Waals surface area contributed by atoms with Crippen LogP contribution in [0.15, 0.2) is 0 Å². The fourth-order valence-corrected chi connectivity index (χ4v) is 2.67. The number of hydrogen-bond acceptors (Lipinski definition) is 3. The third-order valence-corrected chi connectivity index (χ3v) is 4.07. The minimum atomic E-state index is -3.01. The second kappa shape index (κ2) is 11.2. The van der Waals surface area contributed by atoms with Crippen LogP contribution in [0.4, 0.5) is 0 Å². The largest absolute Gasteiger partial charge is 0.343 e. The molecule has 0 aromatic heterocycles. The maximum Gasteiger partial charge on any atom is 0.227 e. The van der Waals surface area contributed by atoms with Gasteiger partial charge in [0, 0.05) is 0 Å². The molecule has 17 heavy (non-hydrogen) atoms. The van der Waals surface area contributed by atoms with E-state index < -0.39 is 7.37 Å². The van der Waals surface area contributed by atoms with Crippen LogP contribution >= 0.6 is 7.37 Å². The van der Waals surface area contributed by atoms with Crippen molar-refractivity contribution in [3.63, 3.8) is 0 Å². The van der Waals surface area contributed by atoms with Crippen LogP contribution in [-0.4, -0.2) is 30.6 Å². The molecule has 1 atom stereocenters. The first kappa shape index (κ1) is 17.1. The zero-order valence-corrected chi connectivity index (χ0v) is 12.3. The summed E-state index contributed by atoms with van der Waals surface area (Å²) < 4.78 is 11.7. The summed E-state index contributed by atoms with van der Waals surface area (Å²) in [7, 11) is -3.01. The van der Waals surface area contributed by atoms with E-state index >= 15 is 0 Å². The van der Waals surface area contributed by atoms with Gasteiger partial charge >= 0.3 is 0 Å². The van der Waals surface area contributed by atoms with E-state index in [4.69, 9.17) is 0 Å². The Hall–Kier alpha value is 0.110. The van der Waals surface area contributed by atoms with Crippen molar-refractivity contribution in [3.8, 4) is 0 Å². The van der Waals surface area contributed by atoms with Crippen LogP contribution in [0.3, 0.4) is 0 Å². The van der Waals surface area contributed by atoms with Crippen LogP contribution in [0, 0.1) is 0 Å². The Morgan fingerprint density at radius 2 is 1.41 bits per heavy atom. The Balaban J connectivity index is 3.40. The molecule has 0 saturated heterocycles. The van der Waals surface area contributed by atoms with E-state index in [1.807, 2.05) is 0 Å². The summed E-state index contributed by atoms with van der Waals surface area (Å²) >= 11 is 0. The highest BCUT2D eigenvalue weighted by atomic mass is 31.2. The van der Waals surface area contributed by atoms with Gasteiger partial charge in [-0.25, -0.2) is 0 Å². The molecule has 0 aliphatic carbocycles. The molecule has 0 amide bonds. The highest BCUT2D eigenvalue weighted by molar-refractivity contribution is 7.57. The van der Waals surface area contributed by atoms with Gasteiger partial charge in [0.1, 0.15) is 0 Å². The van der Waals surface area contributed by atoms with Crippen molar-refractivity contribution in [1.82, 2.24) is 10.6 Å². The summed E-state index contributed by atoms with van der Waals surface area (Å²) in [6, 6.07) is 0. The fourth-order valence-electron chi connectivity index (χ4n) is 1.54. The van der Waals surface area contributed by atoms with Crippen molar-refractivity contribution < 1.29 is 9.46 Å². The summed E-state index contributed by atoms with van der Waals surface area (Å²) in [5, 5.41) is 6.11. The lowest BCUT2D eigenvalue weighted by molar-refractivity contribution is 0.463. The quantitative estimate of drug-likeness (QED) is 0.375. The molecule has 0 bridgehead atoms. The van der Waals surface area contributed by atoms with E-state index in [1.165, 1.54) is 19.3 Å². The number of unbranched alkanes of at least 4 members (excludes halogenated alkanes) is 4. The van der Waals surface area contributed by atoms with Crippen molar-refractivity contribution in [1.29, 1.82) is 0 Å². The highest BCUT2D eigenvalue weighted by Crippen LogP contribution is 2.36. The average molecular weight is 264 g/mol. The third-order valence-electron chi connectivity index (χ3n) is 2.63. The lowest BCUT2D eigenvalue weighted by atomic mass is 10.2. The Bertz CT molecular complexity index is 213. The molecule has 0 saturated carbocycles. The molecule has 0 aromatic carbocycles. The van der Waals surface area contributed by atoms with E-state index in [-0.39, 0.29) is 12.6 Å². The summed E-state index contributed by atoms with van der Waals surface area (Å²) in [6.45, 7) is 5.96. The minimum absolute atomic E-state index is 0.231. The lowest BCUT2D eigenvalue weighted by Crippen LogP contribution is -2.23. The first-order valence-corrected chi connectivity index (χ1v) is 8.87. The second-order valence-electron chi connectivity index (χ2n) is 4.58. The van der Waals surface area contributed by atoms with Gasteiger partial charge in [-0.15, -0.1) is 0 Å². The van der Waals surface area contributed by atoms with Crippen molar-refractivity contribution in [2.75, 3.05) is 25.7 Å². The molecule has 1 unspecified atom stereocenters. The predicted molar refractivity (Wildman–Crippen MR) is 74.6 cm³/mol. The molecule has 0 aromatic rings. The number of hydrogen-bond donors (Lipinski definition) is 3. The Morgan fingerprint density at radius 3 is 1.94 bits per heavy atom. The predicted octanol–water partition coefficient (Wildman–Crippen LogP) is 2.73. The Labute approximate surface area is 106 Å². The molecule has 0 rings (SSSR count). The van der Waals surface area contributed by atoms with Crippen LogP contribution in [-0.2, 0) is 4.57 Å². The Kier molecular flexibility index (Phi) is 11.3. The van der Waals surface area contributed by atoms with Gasteiger partial charge in [-0.2, -0.15) is 0 Å². The van der Waals surface area contributed by atoms with Gasteiger partial charge in [-0.3, -0.25) is 4.57 Å². The van der Waals surface area contributed by atoms with Crippen LogP contribution in [0.1, 0.15) is 52.4 Å². The molecular formula is C12H29N2O2P. The third kappa shape index (κ3) is 12.4. The molecule has 3 N–H and O–H groups in total. The van der Waals surface area contributed by atoms with Gasteiger partial charge in [-0.1, -0.05) is 39.5 Å². The molecule has 0 spiro atoms. The first-order valence-electron chi connectivity index (χ1n) is 6.84. The van der Waals surface area contributed by atoms with Gasteiger partial charge in [0.05, 0.1) is 12.6 Å². The second-order valence-corrected chi connectivity index (χ2v) is 6.90. The van der Waals surface area contributed by atoms with Gasteiger partial charge < -0.3 is 15.5 Å². The van der Waals surface area contributed by atoms with E-state index in [1.54, 1.807) is 0 Å². The van der Waals surface area contributed by atoms with E-state index in [9.17, 15) is 9.46 Å². The van der Waals surface area contributed by atoms with Crippen molar-refractivity contribution in [2.24, 2.45) is 0 Å². The van der Waals surface area contributed by atoms with Crippen LogP contribution in [0.5, 0.6) is 0 Å². The molecule has 0 fully saturated rings. The monoisotopic (exact) mass is 264 g/mol. The van der Waals surface area contributed by atoms with Gasteiger partial charge in [0.2, 0.25) is 7.37 Å². The molecule has 0 aliphatic rings. The summed E-state index contributed by atoms with van der Waals surface area (Å²) in [6.07, 6.45) is 7.40. The molecule has 0 radical (unpaired) electrons. The smallest absolute Gasteiger partial charge is 0.227 e. The van der Waals surface area contributed by atoms with E-state index in [2.05, 4.69) is 24.5 Å². The summed E-state index contributed by atoms with van der Waals surface area (Å²) in [4.78, 5) is 9.65. The van der Waals surface area contributed by atoms with Gasteiger partial charge in [0.15, 0.2) is 0 Å². The zero-order valence-electron chi connectivity index (χ0n) is 11.4. The highest BCUT2D eigenvalue weighted by Gasteiger charge is 2.16. The first-order chi connectivity index (χ1) is 8.12. The molecule has 0 heterocycles. The van der Waals surface area contributed by atoms with E-state index in [0.29, 0.717) is 0 Å². The standard InChI is InChI=1S/C12H29N2O2P/c1-3-5-7-8-10-14-12-17(15,16)11-13-9-6-4-2/h13-14H,3-12H2,1-2H3,(H,15,16). The van der Waals surface area contributed by atoms with Gasteiger partial charge in [0.25, 0.3) is 0 Å². The maximum atomic E-state index is 11.7. The topological polar surface area (TPSA) is 61.4 Å².